The van der Waals surface area contributed by atoms with E-state index in [1.165, 1.54) is 122 Å². The average molecular weight is 729 g/mol. The molecule has 0 aromatic rings. The highest BCUT2D eigenvalue weighted by Gasteiger charge is 2.22. The van der Waals surface area contributed by atoms with Crippen LogP contribution in [-0.2, 0) is 28.2 Å². The van der Waals surface area contributed by atoms with Gasteiger partial charge in [-0.05, 0) is 44.9 Å². The zero-order chi connectivity index (χ0) is 36.8. The number of rotatable bonds is 38. The molecule has 0 bridgehead atoms. The minimum Gasteiger partial charge on any atom is -0.462 e. The summed E-state index contributed by atoms with van der Waals surface area (Å²) in [6.07, 6.45) is 41.8. The van der Waals surface area contributed by atoms with Gasteiger partial charge in [0.1, 0.15) is 6.61 Å². The van der Waals surface area contributed by atoms with Crippen LogP contribution < -0.4 is 0 Å². The third kappa shape index (κ3) is 39.3. The van der Waals surface area contributed by atoms with Crippen molar-refractivity contribution in [1.29, 1.82) is 0 Å². The zero-order valence-corrected chi connectivity index (χ0v) is 33.2. The van der Waals surface area contributed by atoms with Gasteiger partial charge in [0.25, 0.3) is 0 Å². The summed E-state index contributed by atoms with van der Waals surface area (Å²) >= 11 is 0. The number of hydrogen-bond acceptors (Lipinski definition) is 6. The van der Waals surface area contributed by atoms with Crippen molar-refractivity contribution in [1.82, 2.24) is 0 Å². The fraction of sp³-hybridized carbons (Fsp3) is 0.854. The lowest BCUT2D eigenvalue weighted by Gasteiger charge is -2.18. The lowest BCUT2D eigenvalue weighted by Crippen LogP contribution is -2.29. The summed E-state index contributed by atoms with van der Waals surface area (Å²) in [7, 11) is -4.75. The Bertz CT molecular complexity index is 869. The standard InChI is InChI=1S/C41H77O8P/c1-3-5-7-9-11-13-15-17-18-19-20-21-22-24-25-27-29-31-33-35-40(42)47-37-39(38-48-50(44,45)46)49-41(43)36-34-32-30-28-26-23-16-14-12-10-8-6-4-2/h11,13,17-18,39H,3-10,12,14-16,19-38H2,1-2H3,(H2,44,45,46)/b13-11+,18-17+/t39-/m1/s1. The quantitative estimate of drug-likeness (QED) is 0.0279. The number of carbonyl (C=O) groups excluding carboxylic acids is 2. The Labute approximate surface area is 307 Å². The number of allylic oxidation sites excluding steroid dienone is 4. The van der Waals surface area contributed by atoms with Crippen LogP contribution in [0.25, 0.3) is 0 Å². The molecule has 0 amide bonds. The second-order valence-corrected chi connectivity index (χ2v) is 15.2. The first kappa shape index (κ1) is 48.5. The average Bonchev–Trinajstić information content (AvgIpc) is 3.08. The van der Waals surface area contributed by atoms with Crippen LogP contribution in [0.4, 0.5) is 0 Å². The molecule has 0 saturated carbocycles. The van der Waals surface area contributed by atoms with E-state index in [-0.39, 0.29) is 19.4 Å². The molecule has 9 heteroatoms. The van der Waals surface area contributed by atoms with Gasteiger partial charge in [-0.2, -0.15) is 0 Å². The number of esters is 2. The normalized spacial score (nSPS) is 12.6. The van der Waals surface area contributed by atoms with Crippen LogP contribution in [0.2, 0.25) is 0 Å². The second-order valence-electron chi connectivity index (χ2n) is 14.0. The van der Waals surface area contributed by atoms with Crippen molar-refractivity contribution in [2.75, 3.05) is 13.2 Å². The Kier molecular flexibility index (Phi) is 36.2. The zero-order valence-electron chi connectivity index (χ0n) is 32.3. The van der Waals surface area contributed by atoms with Crippen molar-refractivity contribution in [2.24, 2.45) is 0 Å². The first-order valence-electron chi connectivity index (χ1n) is 20.6. The van der Waals surface area contributed by atoms with Crippen LogP contribution >= 0.6 is 7.82 Å². The van der Waals surface area contributed by atoms with Gasteiger partial charge in [0.2, 0.25) is 0 Å². The second kappa shape index (κ2) is 37.3. The number of hydrogen-bond donors (Lipinski definition) is 2. The number of phosphoric acid groups is 1. The van der Waals surface area contributed by atoms with Gasteiger partial charge in [-0.25, -0.2) is 4.57 Å². The van der Waals surface area contributed by atoms with Crippen LogP contribution in [0.15, 0.2) is 24.3 Å². The van der Waals surface area contributed by atoms with E-state index in [9.17, 15) is 14.2 Å². The van der Waals surface area contributed by atoms with E-state index in [0.29, 0.717) is 6.42 Å². The summed E-state index contributed by atoms with van der Waals surface area (Å²) in [5, 5.41) is 0. The molecule has 0 aromatic carbocycles. The topological polar surface area (TPSA) is 119 Å². The van der Waals surface area contributed by atoms with E-state index in [1.807, 2.05) is 0 Å². The van der Waals surface area contributed by atoms with Gasteiger partial charge in [-0.1, -0.05) is 173 Å². The summed E-state index contributed by atoms with van der Waals surface area (Å²) in [5.41, 5.74) is 0. The Morgan fingerprint density at radius 3 is 1.36 bits per heavy atom. The molecule has 0 heterocycles. The smallest absolute Gasteiger partial charge is 0.462 e. The number of ether oxygens (including phenoxy) is 2. The van der Waals surface area contributed by atoms with Gasteiger partial charge < -0.3 is 19.3 Å². The van der Waals surface area contributed by atoms with Gasteiger partial charge >= 0.3 is 19.8 Å². The highest BCUT2D eigenvalue weighted by molar-refractivity contribution is 7.46. The molecule has 0 aliphatic heterocycles. The van der Waals surface area contributed by atoms with Gasteiger partial charge in [0, 0.05) is 12.8 Å². The molecule has 50 heavy (non-hydrogen) atoms. The predicted molar refractivity (Wildman–Crippen MR) is 207 cm³/mol. The van der Waals surface area contributed by atoms with Gasteiger partial charge in [0.15, 0.2) is 6.10 Å². The van der Waals surface area contributed by atoms with Crippen molar-refractivity contribution < 1.29 is 37.9 Å². The molecule has 0 rings (SSSR count). The van der Waals surface area contributed by atoms with E-state index in [4.69, 9.17) is 19.3 Å². The fourth-order valence-corrected chi connectivity index (χ4v) is 6.23. The Hall–Kier alpha value is -1.47. The van der Waals surface area contributed by atoms with Crippen molar-refractivity contribution in [3.8, 4) is 0 Å². The predicted octanol–water partition coefficient (Wildman–Crippen LogP) is 12.4. The lowest BCUT2D eigenvalue weighted by atomic mass is 10.0. The summed E-state index contributed by atoms with van der Waals surface area (Å²) in [4.78, 5) is 42.8. The summed E-state index contributed by atoms with van der Waals surface area (Å²) in [6, 6.07) is 0. The van der Waals surface area contributed by atoms with Crippen LogP contribution in [0.5, 0.6) is 0 Å². The van der Waals surface area contributed by atoms with E-state index >= 15 is 0 Å². The van der Waals surface area contributed by atoms with Gasteiger partial charge in [-0.3, -0.25) is 14.1 Å². The van der Waals surface area contributed by atoms with Crippen LogP contribution in [-0.4, -0.2) is 41.0 Å². The molecule has 2 N–H and O–H groups in total. The summed E-state index contributed by atoms with van der Waals surface area (Å²) in [6.45, 7) is 3.66. The minimum absolute atomic E-state index is 0.215. The largest absolute Gasteiger partial charge is 0.469 e. The Morgan fingerprint density at radius 2 is 0.900 bits per heavy atom. The van der Waals surface area contributed by atoms with E-state index in [0.717, 1.165) is 51.4 Å². The van der Waals surface area contributed by atoms with Crippen molar-refractivity contribution in [3.63, 3.8) is 0 Å². The third-order valence-electron chi connectivity index (χ3n) is 8.97. The molecule has 0 fully saturated rings. The molecule has 0 aliphatic rings. The minimum atomic E-state index is -4.75. The number of phosphoric ester groups is 1. The molecular weight excluding hydrogens is 651 g/mol. The Balaban J connectivity index is 3.89. The molecule has 0 spiro atoms. The van der Waals surface area contributed by atoms with E-state index < -0.39 is 32.5 Å². The molecular formula is C41H77O8P. The lowest BCUT2D eigenvalue weighted by molar-refractivity contribution is -0.161. The highest BCUT2D eigenvalue weighted by atomic mass is 31.2. The van der Waals surface area contributed by atoms with Crippen molar-refractivity contribution in [3.05, 3.63) is 24.3 Å². The van der Waals surface area contributed by atoms with Crippen LogP contribution in [0.3, 0.4) is 0 Å². The van der Waals surface area contributed by atoms with Gasteiger partial charge in [0.05, 0.1) is 6.61 Å². The maximum Gasteiger partial charge on any atom is 0.469 e. The Morgan fingerprint density at radius 1 is 0.520 bits per heavy atom. The summed E-state index contributed by atoms with van der Waals surface area (Å²) < 4.78 is 26.4. The molecule has 1 atom stereocenters. The first-order chi connectivity index (χ1) is 24.3. The third-order valence-corrected chi connectivity index (χ3v) is 9.46. The van der Waals surface area contributed by atoms with Gasteiger partial charge in [-0.15, -0.1) is 0 Å². The SMILES string of the molecule is CCCCC/C=C/C/C=C/CCCCCCCCCCCC(=O)OC[C@H](COP(=O)(O)O)OC(=O)CCCCCCCCCCCCCCC. The monoisotopic (exact) mass is 729 g/mol. The van der Waals surface area contributed by atoms with Crippen molar-refractivity contribution in [2.45, 2.75) is 213 Å². The molecule has 294 valence electrons. The molecule has 0 unspecified atom stereocenters. The molecule has 0 aliphatic carbocycles. The maximum absolute atomic E-state index is 12.4. The molecule has 0 saturated heterocycles. The maximum atomic E-state index is 12.4. The van der Waals surface area contributed by atoms with Crippen molar-refractivity contribution >= 4 is 19.8 Å². The summed E-state index contributed by atoms with van der Waals surface area (Å²) in [5.74, 6) is -0.882. The number of unbranched alkanes of at least 4 members (excludes halogenated alkanes) is 24. The van der Waals surface area contributed by atoms with E-state index in [1.54, 1.807) is 0 Å². The molecule has 0 radical (unpaired) electrons. The molecule has 8 nitrogen and oxygen atoms in total. The highest BCUT2D eigenvalue weighted by Crippen LogP contribution is 2.36. The number of carbonyl (C=O) groups is 2. The molecule has 0 aromatic heterocycles. The first-order valence-corrected chi connectivity index (χ1v) is 22.2. The van der Waals surface area contributed by atoms with Crippen LogP contribution in [0.1, 0.15) is 206 Å². The van der Waals surface area contributed by atoms with E-state index in [2.05, 4.69) is 42.7 Å². The van der Waals surface area contributed by atoms with Crippen LogP contribution in [0, 0.1) is 0 Å². The fourth-order valence-electron chi connectivity index (χ4n) is 5.87.